The van der Waals surface area contributed by atoms with Crippen molar-refractivity contribution >= 4 is 5.91 Å². The van der Waals surface area contributed by atoms with E-state index in [0.29, 0.717) is 36.9 Å². The average molecular weight is 398 g/mol. The zero-order valence-corrected chi connectivity index (χ0v) is 16.6. The van der Waals surface area contributed by atoms with E-state index < -0.39 is 0 Å². The zero-order valence-electron chi connectivity index (χ0n) is 16.6. The first kappa shape index (κ1) is 19.8. The number of carbonyl (C=O) groups excluding carboxylic acids is 1. The van der Waals surface area contributed by atoms with Crippen molar-refractivity contribution in [1.82, 2.24) is 9.88 Å². The number of ether oxygens (including phenoxy) is 2. The molecular weight excluding hydrogens is 371 g/mol. The number of rotatable bonds is 5. The van der Waals surface area contributed by atoms with Gasteiger partial charge in [0.1, 0.15) is 11.6 Å². The van der Waals surface area contributed by atoms with Crippen molar-refractivity contribution in [3.63, 3.8) is 0 Å². The number of carbonyl (C=O) groups is 1. The van der Waals surface area contributed by atoms with Crippen molar-refractivity contribution in [2.45, 2.75) is 37.7 Å². The molecule has 1 atom stereocenters. The predicted molar refractivity (Wildman–Crippen MR) is 107 cm³/mol. The number of hydrogen-bond donors (Lipinski definition) is 0. The molecule has 5 nitrogen and oxygen atoms in total. The number of nitrogens with zero attached hydrogens (tertiary/aromatic N) is 2. The van der Waals surface area contributed by atoms with Crippen LogP contribution in [0.2, 0.25) is 0 Å². The summed E-state index contributed by atoms with van der Waals surface area (Å²) < 4.78 is 25.0. The van der Waals surface area contributed by atoms with Gasteiger partial charge >= 0.3 is 0 Å². The van der Waals surface area contributed by atoms with E-state index in [1.165, 1.54) is 12.1 Å². The van der Waals surface area contributed by atoms with Gasteiger partial charge in [-0.2, -0.15) is 0 Å². The van der Waals surface area contributed by atoms with Crippen LogP contribution in [0.5, 0.6) is 5.75 Å². The van der Waals surface area contributed by atoms with Gasteiger partial charge in [0.2, 0.25) is 0 Å². The number of pyridine rings is 1. The van der Waals surface area contributed by atoms with Gasteiger partial charge in [-0.25, -0.2) is 4.39 Å². The fourth-order valence-corrected chi connectivity index (χ4v) is 4.39. The van der Waals surface area contributed by atoms with E-state index in [1.54, 1.807) is 30.6 Å². The van der Waals surface area contributed by atoms with Crippen molar-refractivity contribution in [2.75, 3.05) is 26.3 Å². The summed E-state index contributed by atoms with van der Waals surface area (Å²) in [7, 11) is 0. The molecule has 29 heavy (non-hydrogen) atoms. The van der Waals surface area contributed by atoms with Crippen LogP contribution in [0.15, 0.2) is 48.8 Å². The minimum atomic E-state index is -0.253. The second kappa shape index (κ2) is 8.91. The summed E-state index contributed by atoms with van der Waals surface area (Å²) in [6.07, 6.45) is 8.05. The molecular formula is C23H27FN2O3. The molecule has 2 fully saturated rings. The first-order valence-electron chi connectivity index (χ1n) is 10.4. The molecule has 0 radical (unpaired) electrons. The van der Waals surface area contributed by atoms with Gasteiger partial charge in [-0.05, 0) is 74.4 Å². The third kappa shape index (κ3) is 4.93. The Morgan fingerprint density at radius 1 is 1.24 bits per heavy atom. The van der Waals surface area contributed by atoms with E-state index in [-0.39, 0.29) is 17.3 Å². The van der Waals surface area contributed by atoms with Gasteiger partial charge in [0.05, 0.1) is 17.8 Å². The molecule has 2 saturated heterocycles. The van der Waals surface area contributed by atoms with Crippen LogP contribution in [0.1, 0.15) is 42.5 Å². The molecule has 1 amide bonds. The summed E-state index contributed by atoms with van der Waals surface area (Å²) in [5, 5.41) is 0. The van der Waals surface area contributed by atoms with E-state index in [2.05, 4.69) is 4.98 Å². The smallest absolute Gasteiger partial charge is 0.255 e. The van der Waals surface area contributed by atoms with Crippen molar-refractivity contribution in [1.29, 1.82) is 0 Å². The normalized spacial score (nSPS) is 21.1. The van der Waals surface area contributed by atoms with Crippen LogP contribution in [-0.4, -0.2) is 47.7 Å². The number of likely N-dealkylation sites (tertiary alicyclic amines) is 1. The van der Waals surface area contributed by atoms with Crippen molar-refractivity contribution < 1.29 is 18.7 Å². The Morgan fingerprint density at radius 2 is 2.03 bits per heavy atom. The second-order valence-electron chi connectivity index (χ2n) is 8.02. The lowest BCUT2D eigenvalue weighted by atomic mass is 9.78. The van der Waals surface area contributed by atoms with E-state index in [0.717, 1.165) is 38.7 Å². The van der Waals surface area contributed by atoms with Crippen molar-refractivity contribution in [3.05, 3.63) is 60.2 Å². The molecule has 1 aromatic carbocycles. The summed E-state index contributed by atoms with van der Waals surface area (Å²) >= 11 is 0. The molecule has 1 unspecified atom stereocenters. The Kier molecular flexibility index (Phi) is 6.09. The molecule has 3 heterocycles. The van der Waals surface area contributed by atoms with Crippen LogP contribution in [0.3, 0.4) is 0 Å². The Hall–Kier alpha value is -2.47. The fraction of sp³-hybridized carbons (Fsp3) is 0.478. The number of halogens is 1. The van der Waals surface area contributed by atoms with Gasteiger partial charge in [-0.1, -0.05) is 0 Å². The van der Waals surface area contributed by atoms with Gasteiger partial charge in [0.25, 0.3) is 5.91 Å². The lowest BCUT2D eigenvalue weighted by Crippen LogP contribution is -2.50. The minimum absolute atomic E-state index is 0.0491. The third-order valence-corrected chi connectivity index (χ3v) is 6.07. The van der Waals surface area contributed by atoms with Crippen LogP contribution in [0, 0.1) is 11.7 Å². The van der Waals surface area contributed by atoms with Gasteiger partial charge in [0.15, 0.2) is 0 Å². The Bertz CT molecular complexity index is 805. The average Bonchev–Trinajstić information content (AvgIpc) is 2.76. The largest absolute Gasteiger partial charge is 0.494 e. The lowest BCUT2D eigenvalue weighted by molar-refractivity contribution is -0.125. The third-order valence-electron chi connectivity index (χ3n) is 6.07. The zero-order chi connectivity index (χ0) is 20.1. The van der Waals surface area contributed by atoms with E-state index in [9.17, 15) is 9.18 Å². The highest BCUT2D eigenvalue weighted by Gasteiger charge is 2.41. The summed E-state index contributed by atoms with van der Waals surface area (Å²) in [6.45, 7) is 2.81. The molecule has 0 bridgehead atoms. The van der Waals surface area contributed by atoms with Gasteiger partial charge in [-0.3, -0.25) is 9.78 Å². The molecule has 2 aromatic rings. The van der Waals surface area contributed by atoms with Gasteiger partial charge in [-0.15, -0.1) is 0 Å². The quantitative estimate of drug-likeness (QED) is 0.761. The summed E-state index contributed by atoms with van der Waals surface area (Å²) in [6, 6.07) is 9.76. The highest BCUT2D eigenvalue weighted by Crippen LogP contribution is 2.39. The van der Waals surface area contributed by atoms with E-state index in [1.807, 2.05) is 11.0 Å². The molecule has 6 heteroatoms. The van der Waals surface area contributed by atoms with Crippen molar-refractivity contribution in [2.24, 2.45) is 5.92 Å². The summed E-state index contributed by atoms with van der Waals surface area (Å²) in [5.41, 5.74) is 0.522. The van der Waals surface area contributed by atoms with E-state index in [4.69, 9.17) is 9.47 Å². The molecule has 2 aliphatic rings. The lowest BCUT2D eigenvalue weighted by Gasteiger charge is -2.46. The number of benzene rings is 1. The topological polar surface area (TPSA) is 51.7 Å². The number of amides is 1. The molecule has 1 aromatic heterocycles. The summed E-state index contributed by atoms with van der Waals surface area (Å²) in [5.74, 6) is 1.05. The maximum Gasteiger partial charge on any atom is 0.255 e. The number of piperidine rings is 1. The fourth-order valence-electron chi connectivity index (χ4n) is 4.39. The first-order chi connectivity index (χ1) is 14.1. The van der Waals surface area contributed by atoms with Crippen molar-refractivity contribution in [3.8, 4) is 5.75 Å². The van der Waals surface area contributed by atoms with Gasteiger partial charge < -0.3 is 14.4 Å². The molecule has 0 N–H and O–H groups in total. The second-order valence-corrected chi connectivity index (χ2v) is 8.02. The highest BCUT2D eigenvalue weighted by atomic mass is 19.1. The number of aromatic nitrogens is 1. The van der Waals surface area contributed by atoms with Crippen LogP contribution in [-0.2, 0) is 4.74 Å². The molecule has 0 aliphatic carbocycles. The Morgan fingerprint density at radius 3 is 2.76 bits per heavy atom. The minimum Gasteiger partial charge on any atom is -0.494 e. The summed E-state index contributed by atoms with van der Waals surface area (Å²) in [4.78, 5) is 18.6. The monoisotopic (exact) mass is 398 g/mol. The SMILES string of the molecule is O=C(c1cccnc1)N1CCC2(CC1)CC(CCOc1ccc(F)cc1)CCO2. The Labute approximate surface area is 170 Å². The van der Waals surface area contributed by atoms with Crippen LogP contribution in [0.25, 0.3) is 0 Å². The Balaban J connectivity index is 1.26. The molecule has 0 saturated carbocycles. The molecule has 2 aliphatic heterocycles. The van der Waals surface area contributed by atoms with Crippen LogP contribution in [0.4, 0.5) is 4.39 Å². The highest BCUT2D eigenvalue weighted by molar-refractivity contribution is 5.93. The first-order valence-corrected chi connectivity index (χ1v) is 10.4. The molecule has 4 rings (SSSR count). The predicted octanol–water partition coefficient (Wildman–Crippen LogP) is 4.09. The number of hydrogen-bond acceptors (Lipinski definition) is 4. The molecule has 1 spiro atoms. The van der Waals surface area contributed by atoms with Crippen LogP contribution >= 0.6 is 0 Å². The molecule has 154 valence electrons. The standard InChI is InChI=1S/C23H27FN2O3/c24-20-3-5-21(6-4-20)28-14-7-18-8-15-29-23(16-18)9-12-26(13-10-23)22(27)19-2-1-11-25-17-19/h1-6,11,17-18H,7-10,12-16H2. The maximum absolute atomic E-state index is 13.0. The maximum atomic E-state index is 13.0. The van der Waals surface area contributed by atoms with Crippen LogP contribution < -0.4 is 4.74 Å². The van der Waals surface area contributed by atoms with E-state index >= 15 is 0 Å². The van der Waals surface area contributed by atoms with Gasteiger partial charge in [0, 0.05) is 32.1 Å².